The topological polar surface area (TPSA) is 86.5 Å². The Kier molecular flexibility index (Phi) is 4.60. The lowest BCUT2D eigenvalue weighted by atomic mass is 10.1. The molecule has 0 saturated carbocycles. The van der Waals surface area contributed by atoms with Gasteiger partial charge in [-0.25, -0.2) is 4.79 Å². The predicted octanol–water partition coefficient (Wildman–Crippen LogP) is 2.40. The molecular formula is C24H23N5O3. The fourth-order valence-corrected chi connectivity index (χ4v) is 4.37. The Morgan fingerprint density at radius 2 is 1.56 bits per heavy atom. The maximum Gasteiger partial charge on any atom is 0.332 e. The summed E-state index contributed by atoms with van der Waals surface area (Å²) >= 11 is 0. The Morgan fingerprint density at radius 3 is 2.22 bits per heavy atom. The summed E-state index contributed by atoms with van der Waals surface area (Å²) in [5, 5.41) is 11.0. The van der Waals surface area contributed by atoms with E-state index in [9.17, 15) is 14.7 Å². The predicted molar refractivity (Wildman–Crippen MR) is 123 cm³/mol. The fraction of sp³-hybridized carbons (Fsp3) is 0.208. The van der Waals surface area contributed by atoms with E-state index in [0.29, 0.717) is 16.9 Å². The highest BCUT2D eigenvalue weighted by Crippen LogP contribution is 2.31. The van der Waals surface area contributed by atoms with Gasteiger partial charge in [-0.2, -0.15) is 4.98 Å². The molecule has 0 saturated heterocycles. The van der Waals surface area contributed by atoms with Crippen LogP contribution >= 0.6 is 0 Å². The van der Waals surface area contributed by atoms with Crippen molar-refractivity contribution in [3.8, 4) is 11.3 Å². The smallest absolute Gasteiger partial charge is 0.332 e. The van der Waals surface area contributed by atoms with Crippen LogP contribution in [-0.4, -0.2) is 28.2 Å². The molecule has 5 aromatic rings. The Bertz CT molecular complexity index is 1570. The molecule has 2 aromatic carbocycles. The van der Waals surface area contributed by atoms with Crippen LogP contribution in [0.5, 0.6) is 0 Å². The van der Waals surface area contributed by atoms with Crippen molar-refractivity contribution in [2.75, 3.05) is 0 Å². The molecule has 8 nitrogen and oxygen atoms in total. The number of imidazole rings is 2. The summed E-state index contributed by atoms with van der Waals surface area (Å²) in [6.45, 7) is 2.16. The van der Waals surface area contributed by atoms with Crippen molar-refractivity contribution < 1.29 is 5.11 Å². The third-order valence-electron chi connectivity index (χ3n) is 6.02. The average molecular weight is 429 g/mol. The van der Waals surface area contributed by atoms with Crippen LogP contribution in [0.15, 0.2) is 70.3 Å². The Labute approximate surface area is 183 Å². The Balaban J connectivity index is 1.86. The van der Waals surface area contributed by atoms with Crippen LogP contribution in [0.25, 0.3) is 28.2 Å². The molecule has 0 spiro atoms. The number of hydrogen-bond donors (Lipinski definition) is 1. The van der Waals surface area contributed by atoms with Gasteiger partial charge in [0.1, 0.15) is 0 Å². The SMILES string of the molecule is Cc1c(-c2ccccc2)n(C[C@H](O)c2ccccc2)c2nc3c(c(=O)n(C)c(=O)n3C)n12. The lowest BCUT2D eigenvalue weighted by Gasteiger charge is -2.15. The zero-order valence-electron chi connectivity index (χ0n) is 18.1. The minimum Gasteiger partial charge on any atom is -0.387 e. The highest BCUT2D eigenvalue weighted by molar-refractivity contribution is 5.79. The van der Waals surface area contributed by atoms with Crippen molar-refractivity contribution >= 4 is 16.9 Å². The molecule has 32 heavy (non-hydrogen) atoms. The number of nitrogens with zero attached hydrogens (tertiary/aromatic N) is 5. The molecule has 162 valence electrons. The van der Waals surface area contributed by atoms with Crippen LogP contribution in [-0.2, 0) is 20.6 Å². The second-order valence-corrected chi connectivity index (χ2v) is 7.96. The second kappa shape index (κ2) is 7.35. The van der Waals surface area contributed by atoms with Gasteiger partial charge in [0.2, 0.25) is 5.78 Å². The zero-order valence-corrected chi connectivity index (χ0v) is 18.1. The first kappa shape index (κ1) is 20.0. The molecule has 1 N–H and O–H groups in total. The summed E-state index contributed by atoms with van der Waals surface area (Å²) in [4.78, 5) is 30.2. The number of aromatic nitrogens is 5. The number of aliphatic hydroxyl groups is 1. The van der Waals surface area contributed by atoms with E-state index in [4.69, 9.17) is 4.98 Å². The van der Waals surface area contributed by atoms with Crippen LogP contribution in [0.1, 0.15) is 17.4 Å². The number of fused-ring (bicyclic) bond motifs is 3. The van der Waals surface area contributed by atoms with Gasteiger partial charge < -0.3 is 9.67 Å². The van der Waals surface area contributed by atoms with E-state index in [2.05, 4.69) is 0 Å². The molecule has 0 fully saturated rings. The first-order valence-electron chi connectivity index (χ1n) is 10.4. The molecule has 1 atom stereocenters. The first-order valence-corrected chi connectivity index (χ1v) is 10.4. The number of aliphatic hydroxyl groups excluding tert-OH is 1. The van der Waals surface area contributed by atoms with E-state index >= 15 is 0 Å². The van der Waals surface area contributed by atoms with E-state index in [1.54, 1.807) is 11.4 Å². The summed E-state index contributed by atoms with van der Waals surface area (Å²) in [5.74, 6) is 0.504. The normalized spacial score (nSPS) is 12.6. The molecule has 0 aliphatic rings. The van der Waals surface area contributed by atoms with Crippen LogP contribution in [0, 0.1) is 6.92 Å². The number of aryl methyl sites for hydroxylation is 2. The highest BCUT2D eigenvalue weighted by Gasteiger charge is 2.25. The van der Waals surface area contributed by atoms with Gasteiger partial charge in [0.05, 0.1) is 18.3 Å². The molecular weight excluding hydrogens is 406 g/mol. The Hall–Kier alpha value is -3.91. The molecule has 0 amide bonds. The van der Waals surface area contributed by atoms with Gasteiger partial charge in [-0.1, -0.05) is 60.7 Å². The van der Waals surface area contributed by atoms with Gasteiger partial charge in [-0.15, -0.1) is 0 Å². The summed E-state index contributed by atoms with van der Waals surface area (Å²) < 4.78 is 6.18. The van der Waals surface area contributed by atoms with Crippen LogP contribution in [0.4, 0.5) is 0 Å². The molecule has 8 heteroatoms. The minimum atomic E-state index is -0.777. The van der Waals surface area contributed by atoms with Gasteiger partial charge in [-0.05, 0) is 12.5 Å². The molecule has 3 heterocycles. The van der Waals surface area contributed by atoms with E-state index in [1.165, 1.54) is 11.6 Å². The fourth-order valence-electron chi connectivity index (χ4n) is 4.37. The van der Waals surface area contributed by atoms with E-state index in [-0.39, 0.29) is 6.54 Å². The summed E-state index contributed by atoms with van der Waals surface area (Å²) in [5.41, 5.74) is 3.23. The molecule has 5 rings (SSSR count). The standard InChI is InChI=1S/C24H23N5O3/c1-15-19(17-12-8-5-9-13-17)28(14-18(30)16-10-6-4-7-11-16)23-25-21-20(29(15)23)22(31)27(3)24(32)26(21)2/h4-13,18,30H,14H2,1-3H3/t18-/m0/s1. The first-order chi connectivity index (χ1) is 15.4. The van der Waals surface area contributed by atoms with Crippen LogP contribution in [0.3, 0.4) is 0 Å². The van der Waals surface area contributed by atoms with Gasteiger partial charge in [0.15, 0.2) is 11.2 Å². The monoisotopic (exact) mass is 429 g/mol. The lowest BCUT2D eigenvalue weighted by molar-refractivity contribution is 0.158. The van der Waals surface area contributed by atoms with Crippen LogP contribution < -0.4 is 11.2 Å². The van der Waals surface area contributed by atoms with Crippen molar-refractivity contribution in [2.24, 2.45) is 14.1 Å². The average Bonchev–Trinajstić information content (AvgIpc) is 3.33. The van der Waals surface area contributed by atoms with Crippen molar-refractivity contribution in [1.82, 2.24) is 23.1 Å². The van der Waals surface area contributed by atoms with E-state index < -0.39 is 17.4 Å². The molecule has 0 aliphatic heterocycles. The van der Waals surface area contributed by atoms with E-state index in [0.717, 1.165) is 27.1 Å². The van der Waals surface area contributed by atoms with Crippen LogP contribution in [0.2, 0.25) is 0 Å². The van der Waals surface area contributed by atoms with Crippen molar-refractivity contribution in [3.63, 3.8) is 0 Å². The minimum absolute atomic E-state index is 0.239. The van der Waals surface area contributed by atoms with Gasteiger partial charge in [0, 0.05) is 25.4 Å². The lowest BCUT2D eigenvalue weighted by Crippen LogP contribution is -2.37. The van der Waals surface area contributed by atoms with Crippen molar-refractivity contribution in [3.05, 3.63) is 92.8 Å². The number of rotatable bonds is 4. The van der Waals surface area contributed by atoms with Gasteiger partial charge in [0.25, 0.3) is 5.56 Å². The quantitative estimate of drug-likeness (QED) is 0.475. The number of hydrogen-bond acceptors (Lipinski definition) is 4. The van der Waals surface area contributed by atoms with Crippen molar-refractivity contribution in [1.29, 1.82) is 0 Å². The largest absolute Gasteiger partial charge is 0.387 e. The number of benzene rings is 2. The summed E-state index contributed by atoms with van der Waals surface area (Å²) in [6.07, 6.45) is -0.777. The Morgan fingerprint density at radius 1 is 0.938 bits per heavy atom. The zero-order chi connectivity index (χ0) is 22.6. The molecule has 0 radical (unpaired) electrons. The summed E-state index contributed by atoms with van der Waals surface area (Å²) in [7, 11) is 3.07. The third kappa shape index (κ3) is 2.84. The molecule has 0 unspecified atom stereocenters. The van der Waals surface area contributed by atoms with E-state index in [1.807, 2.05) is 72.2 Å². The molecule has 3 aromatic heterocycles. The third-order valence-corrected chi connectivity index (χ3v) is 6.02. The van der Waals surface area contributed by atoms with Gasteiger partial charge in [-0.3, -0.25) is 18.3 Å². The highest BCUT2D eigenvalue weighted by atomic mass is 16.3. The molecule has 0 aliphatic carbocycles. The maximum absolute atomic E-state index is 13.1. The second-order valence-electron chi connectivity index (χ2n) is 7.96. The van der Waals surface area contributed by atoms with Gasteiger partial charge >= 0.3 is 5.69 Å². The van der Waals surface area contributed by atoms with Crippen molar-refractivity contribution in [2.45, 2.75) is 19.6 Å². The summed E-state index contributed by atoms with van der Waals surface area (Å²) in [6, 6.07) is 19.2. The molecule has 0 bridgehead atoms. The maximum atomic E-state index is 13.1.